The Morgan fingerprint density at radius 2 is 2.09 bits per heavy atom. The third kappa shape index (κ3) is 3.01. The Bertz CT molecular complexity index is 633. The van der Waals surface area contributed by atoms with Crippen molar-refractivity contribution in [1.29, 1.82) is 0 Å². The lowest BCUT2D eigenvalue weighted by Crippen LogP contribution is -2.49. The molecule has 1 fully saturated rings. The molecule has 1 unspecified atom stereocenters. The van der Waals surface area contributed by atoms with Crippen LogP contribution in [0.15, 0.2) is 35.1 Å². The van der Waals surface area contributed by atoms with Crippen LogP contribution in [0, 0.1) is 6.92 Å². The molecule has 0 bridgehead atoms. The number of aryl methyl sites for hydroxylation is 1. The smallest absolute Gasteiger partial charge is 0.292 e. The molecule has 1 amide bonds. The summed E-state index contributed by atoms with van der Waals surface area (Å²) in [5, 5.41) is 3.78. The van der Waals surface area contributed by atoms with Crippen LogP contribution in [0.25, 0.3) is 0 Å². The van der Waals surface area contributed by atoms with E-state index in [2.05, 4.69) is 28.0 Å². The maximum absolute atomic E-state index is 12.3. The zero-order chi connectivity index (χ0) is 15.5. The minimum atomic E-state index is -0.0747. The Hall–Kier alpha value is -2.21. The summed E-state index contributed by atoms with van der Waals surface area (Å²) < 4.78 is 5.06. The van der Waals surface area contributed by atoms with E-state index in [0.717, 1.165) is 18.8 Å². The van der Waals surface area contributed by atoms with Crippen molar-refractivity contribution in [3.05, 3.63) is 47.6 Å². The van der Waals surface area contributed by atoms with E-state index in [1.54, 1.807) is 12.3 Å². The fraction of sp³-hybridized carbons (Fsp3) is 0.438. The van der Waals surface area contributed by atoms with Crippen molar-refractivity contribution >= 4 is 5.91 Å². The van der Waals surface area contributed by atoms with Crippen LogP contribution in [0.3, 0.4) is 0 Å². The predicted molar refractivity (Wildman–Crippen MR) is 81.4 cm³/mol. The molecule has 0 N–H and O–H groups in total. The van der Waals surface area contributed by atoms with Crippen LogP contribution in [-0.2, 0) is 0 Å². The Balaban J connectivity index is 1.59. The SMILES string of the molecule is Cc1cc(C(=O)N2CCN(C(C)c3cccnc3)CC2)on1. The van der Waals surface area contributed by atoms with Gasteiger partial charge in [-0.1, -0.05) is 11.2 Å². The fourth-order valence-electron chi connectivity index (χ4n) is 2.77. The van der Waals surface area contributed by atoms with Crippen LogP contribution in [0.5, 0.6) is 0 Å². The van der Waals surface area contributed by atoms with E-state index in [1.807, 2.05) is 24.1 Å². The third-order valence-corrected chi connectivity index (χ3v) is 4.15. The minimum Gasteiger partial charge on any atom is -0.351 e. The van der Waals surface area contributed by atoms with Gasteiger partial charge in [0.1, 0.15) is 0 Å². The third-order valence-electron chi connectivity index (χ3n) is 4.15. The lowest BCUT2D eigenvalue weighted by Gasteiger charge is -2.37. The van der Waals surface area contributed by atoms with Crippen molar-refractivity contribution in [1.82, 2.24) is 19.9 Å². The summed E-state index contributed by atoms with van der Waals surface area (Å²) in [6, 6.07) is 6.04. The van der Waals surface area contributed by atoms with Gasteiger partial charge in [-0.2, -0.15) is 0 Å². The van der Waals surface area contributed by atoms with Crippen LogP contribution in [-0.4, -0.2) is 52.0 Å². The lowest BCUT2D eigenvalue weighted by molar-refractivity contribution is 0.0544. The first-order valence-corrected chi connectivity index (χ1v) is 7.51. The zero-order valence-electron chi connectivity index (χ0n) is 12.9. The summed E-state index contributed by atoms with van der Waals surface area (Å²) in [5.74, 6) is 0.250. The van der Waals surface area contributed by atoms with Gasteiger partial charge in [0.2, 0.25) is 5.76 Å². The first-order valence-electron chi connectivity index (χ1n) is 7.51. The van der Waals surface area contributed by atoms with E-state index in [0.29, 0.717) is 24.9 Å². The van der Waals surface area contributed by atoms with E-state index in [1.165, 1.54) is 5.56 Å². The molecule has 2 aromatic heterocycles. The number of piperazine rings is 1. The zero-order valence-corrected chi connectivity index (χ0v) is 12.9. The molecule has 1 atom stereocenters. The molecule has 3 rings (SSSR count). The normalized spacial score (nSPS) is 17.5. The molecule has 0 radical (unpaired) electrons. The Morgan fingerprint density at radius 3 is 2.68 bits per heavy atom. The molecule has 3 heterocycles. The highest BCUT2D eigenvalue weighted by atomic mass is 16.5. The number of aromatic nitrogens is 2. The van der Waals surface area contributed by atoms with Crippen molar-refractivity contribution in [2.75, 3.05) is 26.2 Å². The van der Waals surface area contributed by atoms with Gasteiger partial charge < -0.3 is 9.42 Å². The van der Waals surface area contributed by atoms with Gasteiger partial charge in [0.05, 0.1) is 5.69 Å². The van der Waals surface area contributed by atoms with E-state index >= 15 is 0 Å². The molecule has 0 spiro atoms. The second kappa shape index (κ2) is 6.27. The topological polar surface area (TPSA) is 62.5 Å². The second-order valence-corrected chi connectivity index (χ2v) is 5.62. The molecule has 22 heavy (non-hydrogen) atoms. The van der Waals surface area contributed by atoms with Crippen molar-refractivity contribution < 1.29 is 9.32 Å². The van der Waals surface area contributed by atoms with E-state index in [9.17, 15) is 4.79 Å². The average molecular weight is 300 g/mol. The number of hydrogen-bond acceptors (Lipinski definition) is 5. The van der Waals surface area contributed by atoms with E-state index in [4.69, 9.17) is 4.52 Å². The summed E-state index contributed by atoms with van der Waals surface area (Å²) in [6.45, 7) is 7.07. The molecule has 116 valence electrons. The van der Waals surface area contributed by atoms with Gasteiger partial charge >= 0.3 is 0 Å². The van der Waals surface area contributed by atoms with Crippen LogP contribution < -0.4 is 0 Å². The molecule has 2 aromatic rings. The molecule has 0 saturated carbocycles. The predicted octanol–water partition coefficient (Wildman–Crippen LogP) is 1.90. The van der Waals surface area contributed by atoms with Crippen molar-refractivity contribution in [2.45, 2.75) is 19.9 Å². The van der Waals surface area contributed by atoms with Gasteiger partial charge in [-0.3, -0.25) is 14.7 Å². The molecule has 6 nitrogen and oxygen atoms in total. The van der Waals surface area contributed by atoms with Gasteiger partial charge in [-0.15, -0.1) is 0 Å². The summed E-state index contributed by atoms with van der Waals surface area (Å²) in [7, 11) is 0. The highest BCUT2D eigenvalue weighted by Gasteiger charge is 2.27. The first-order chi connectivity index (χ1) is 10.6. The quantitative estimate of drug-likeness (QED) is 0.866. The molecule has 6 heteroatoms. The van der Waals surface area contributed by atoms with Crippen LogP contribution >= 0.6 is 0 Å². The number of amides is 1. The summed E-state index contributed by atoms with van der Waals surface area (Å²) in [4.78, 5) is 20.7. The summed E-state index contributed by atoms with van der Waals surface area (Å²) >= 11 is 0. The van der Waals surface area contributed by atoms with Crippen molar-refractivity contribution in [3.8, 4) is 0 Å². The summed E-state index contributed by atoms with van der Waals surface area (Å²) in [5.41, 5.74) is 1.93. The number of rotatable bonds is 3. The largest absolute Gasteiger partial charge is 0.351 e. The van der Waals surface area contributed by atoms with Gasteiger partial charge in [-0.05, 0) is 25.5 Å². The van der Waals surface area contributed by atoms with Gasteiger partial charge in [0.15, 0.2) is 0 Å². The lowest BCUT2D eigenvalue weighted by atomic mass is 10.1. The molecule has 1 aliphatic heterocycles. The Labute approximate surface area is 129 Å². The highest BCUT2D eigenvalue weighted by Crippen LogP contribution is 2.21. The molecular formula is C16H20N4O2. The number of nitrogens with zero attached hydrogens (tertiary/aromatic N) is 4. The number of hydrogen-bond donors (Lipinski definition) is 0. The molecular weight excluding hydrogens is 280 g/mol. The minimum absolute atomic E-state index is 0.0747. The van der Waals surface area contributed by atoms with Crippen LogP contribution in [0.2, 0.25) is 0 Å². The van der Waals surface area contributed by atoms with Crippen LogP contribution in [0.4, 0.5) is 0 Å². The Morgan fingerprint density at radius 1 is 1.32 bits per heavy atom. The number of pyridine rings is 1. The first kappa shape index (κ1) is 14.7. The fourth-order valence-corrected chi connectivity index (χ4v) is 2.77. The van der Waals surface area contributed by atoms with E-state index in [-0.39, 0.29) is 5.91 Å². The van der Waals surface area contributed by atoms with E-state index < -0.39 is 0 Å². The average Bonchev–Trinajstić information content (AvgIpc) is 3.01. The standard InChI is InChI=1S/C16H20N4O2/c1-12-10-15(22-18-12)16(21)20-8-6-19(7-9-20)13(2)14-4-3-5-17-11-14/h3-5,10-11,13H,6-9H2,1-2H3. The highest BCUT2D eigenvalue weighted by molar-refractivity contribution is 5.91. The Kier molecular flexibility index (Phi) is 4.20. The molecule has 1 saturated heterocycles. The van der Waals surface area contributed by atoms with Gasteiger partial charge in [0.25, 0.3) is 5.91 Å². The molecule has 0 aliphatic carbocycles. The number of carbonyl (C=O) groups is 1. The molecule has 0 aromatic carbocycles. The second-order valence-electron chi connectivity index (χ2n) is 5.62. The molecule has 1 aliphatic rings. The number of carbonyl (C=O) groups excluding carboxylic acids is 1. The van der Waals surface area contributed by atoms with Crippen molar-refractivity contribution in [3.63, 3.8) is 0 Å². The summed E-state index contributed by atoms with van der Waals surface area (Å²) in [6.07, 6.45) is 3.69. The van der Waals surface area contributed by atoms with Crippen molar-refractivity contribution in [2.24, 2.45) is 0 Å². The van der Waals surface area contributed by atoms with Gasteiger partial charge in [-0.25, -0.2) is 0 Å². The van der Waals surface area contributed by atoms with Crippen LogP contribution in [0.1, 0.15) is 34.8 Å². The monoisotopic (exact) mass is 300 g/mol. The van der Waals surface area contributed by atoms with Gasteiger partial charge in [0, 0.05) is 50.7 Å². The maximum Gasteiger partial charge on any atom is 0.292 e. The maximum atomic E-state index is 12.3.